The molecule has 1 amide bonds. The van der Waals surface area contributed by atoms with E-state index in [0.29, 0.717) is 18.2 Å². The summed E-state index contributed by atoms with van der Waals surface area (Å²) < 4.78 is 0. The number of carbonyl (C=O) groups is 1. The number of aromatic nitrogens is 1. The van der Waals surface area contributed by atoms with E-state index in [1.54, 1.807) is 24.5 Å². The lowest BCUT2D eigenvalue weighted by molar-refractivity contribution is 0.0917. The van der Waals surface area contributed by atoms with Crippen molar-refractivity contribution < 1.29 is 4.79 Å². The van der Waals surface area contributed by atoms with Gasteiger partial charge in [-0.2, -0.15) is 0 Å². The lowest BCUT2D eigenvalue weighted by atomic mass is 9.99. The molecule has 4 nitrogen and oxygen atoms in total. The Morgan fingerprint density at radius 2 is 2.26 bits per heavy atom. The Labute approximate surface area is 115 Å². The van der Waals surface area contributed by atoms with Crippen molar-refractivity contribution in [2.45, 2.75) is 32.7 Å². The van der Waals surface area contributed by atoms with Crippen molar-refractivity contribution in [1.29, 1.82) is 0 Å². The fourth-order valence-corrected chi connectivity index (χ4v) is 2.60. The Hall–Kier alpha value is -1.42. The van der Waals surface area contributed by atoms with Crippen LogP contribution in [0.5, 0.6) is 0 Å². The molecular weight excluding hydrogens is 238 g/mol. The number of hydrogen-bond donors (Lipinski definition) is 1. The molecule has 0 aromatic carbocycles. The van der Waals surface area contributed by atoms with Crippen LogP contribution in [0.3, 0.4) is 0 Å². The van der Waals surface area contributed by atoms with Gasteiger partial charge in [0, 0.05) is 37.1 Å². The van der Waals surface area contributed by atoms with Gasteiger partial charge in [0.15, 0.2) is 0 Å². The minimum atomic E-state index is -0.0145. The van der Waals surface area contributed by atoms with Gasteiger partial charge in [-0.15, -0.1) is 0 Å². The maximum absolute atomic E-state index is 11.9. The van der Waals surface area contributed by atoms with Gasteiger partial charge in [0.05, 0.1) is 0 Å². The van der Waals surface area contributed by atoms with E-state index in [2.05, 4.69) is 29.0 Å². The minimum absolute atomic E-state index is 0.0145. The molecule has 1 aromatic heterocycles. The first-order valence-electron chi connectivity index (χ1n) is 7.09. The monoisotopic (exact) mass is 261 g/mol. The average Bonchev–Trinajstić information content (AvgIpc) is 2.45. The van der Waals surface area contributed by atoms with E-state index >= 15 is 0 Å². The smallest absolute Gasteiger partial charge is 0.251 e. The molecule has 1 aromatic rings. The molecule has 104 valence electrons. The van der Waals surface area contributed by atoms with Crippen LogP contribution in [-0.2, 0) is 0 Å². The van der Waals surface area contributed by atoms with Crippen LogP contribution < -0.4 is 5.32 Å². The van der Waals surface area contributed by atoms with Gasteiger partial charge in [0.1, 0.15) is 0 Å². The Balaban J connectivity index is 1.80. The molecule has 2 heterocycles. The van der Waals surface area contributed by atoms with E-state index < -0.39 is 0 Å². The van der Waals surface area contributed by atoms with Crippen LogP contribution in [0.4, 0.5) is 0 Å². The Kier molecular flexibility index (Phi) is 4.91. The highest BCUT2D eigenvalue weighted by Gasteiger charge is 2.21. The van der Waals surface area contributed by atoms with Crippen molar-refractivity contribution in [3.63, 3.8) is 0 Å². The van der Waals surface area contributed by atoms with Crippen LogP contribution in [0.25, 0.3) is 0 Å². The van der Waals surface area contributed by atoms with Crippen LogP contribution in [0.15, 0.2) is 24.5 Å². The first kappa shape index (κ1) is 14.0. The second-order valence-corrected chi connectivity index (χ2v) is 5.54. The van der Waals surface area contributed by atoms with Gasteiger partial charge >= 0.3 is 0 Å². The third-order valence-electron chi connectivity index (χ3n) is 3.81. The molecular formula is C15H23N3O. The van der Waals surface area contributed by atoms with Gasteiger partial charge < -0.3 is 5.32 Å². The predicted octanol–water partition coefficient (Wildman–Crippen LogP) is 1.93. The fourth-order valence-electron chi connectivity index (χ4n) is 2.60. The number of rotatable bonds is 4. The molecule has 19 heavy (non-hydrogen) atoms. The molecule has 1 N–H and O–H groups in total. The predicted molar refractivity (Wildman–Crippen MR) is 76.0 cm³/mol. The zero-order valence-electron chi connectivity index (χ0n) is 11.8. The number of likely N-dealkylation sites (tertiary alicyclic amines) is 1. The van der Waals surface area contributed by atoms with Crippen LogP contribution >= 0.6 is 0 Å². The molecule has 0 aliphatic carbocycles. The number of carbonyl (C=O) groups excluding carboxylic acids is 1. The summed E-state index contributed by atoms with van der Waals surface area (Å²) in [5, 5.41) is 3.00. The molecule has 1 saturated heterocycles. The topological polar surface area (TPSA) is 45.2 Å². The molecule has 1 aliphatic heterocycles. The highest BCUT2D eigenvalue weighted by atomic mass is 16.1. The highest BCUT2D eigenvalue weighted by Crippen LogP contribution is 2.17. The lowest BCUT2D eigenvalue weighted by Crippen LogP contribution is -2.46. The molecule has 0 saturated carbocycles. The van der Waals surface area contributed by atoms with Crippen molar-refractivity contribution in [2.24, 2.45) is 5.92 Å². The second kappa shape index (κ2) is 6.66. The van der Waals surface area contributed by atoms with E-state index in [0.717, 1.165) is 19.0 Å². The summed E-state index contributed by atoms with van der Waals surface area (Å²) in [6.07, 6.45) is 5.88. The largest absolute Gasteiger partial charge is 0.350 e. The summed E-state index contributed by atoms with van der Waals surface area (Å²) in [7, 11) is 0. The summed E-state index contributed by atoms with van der Waals surface area (Å²) in [6, 6.07) is 3.87. The molecule has 2 atom stereocenters. The third kappa shape index (κ3) is 4.03. The average molecular weight is 261 g/mol. The van der Waals surface area contributed by atoms with Gasteiger partial charge in [0.2, 0.25) is 0 Å². The molecule has 2 unspecified atom stereocenters. The fraction of sp³-hybridized carbons (Fsp3) is 0.600. The van der Waals surface area contributed by atoms with E-state index in [9.17, 15) is 4.79 Å². The zero-order chi connectivity index (χ0) is 13.7. The molecule has 4 heteroatoms. The van der Waals surface area contributed by atoms with E-state index in [-0.39, 0.29) is 5.91 Å². The standard InChI is InChI=1S/C15H23N3O/c1-12-4-3-9-18(11-12)13(2)10-17-15(19)14-5-7-16-8-6-14/h5-8,12-13H,3-4,9-11H2,1-2H3,(H,17,19). The van der Waals surface area contributed by atoms with Crippen molar-refractivity contribution in [2.75, 3.05) is 19.6 Å². The van der Waals surface area contributed by atoms with Crippen molar-refractivity contribution in [3.8, 4) is 0 Å². The van der Waals surface area contributed by atoms with Crippen molar-refractivity contribution in [3.05, 3.63) is 30.1 Å². The number of nitrogens with zero attached hydrogens (tertiary/aromatic N) is 2. The van der Waals surface area contributed by atoms with Crippen LogP contribution in [0, 0.1) is 5.92 Å². The maximum atomic E-state index is 11.9. The van der Waals surface area contributed by atoms with Crippen LogP contribution in [0.1, 0.15) is 37.0 Å². The van der Waals surface area contributed by atoms with Crippen LogP contribution in [0.2, 0.25) is 0 Å². The van der Waals surface area contributed by atoms with Gasteiger partial charge in [0.25, 0.3) is 5.91 Å². The first-order chi connectivity index (χ1) is 9.16. The third-order valence-corrected chi connectivity index (χ3v) is 3.81. The summed E-state index contributed by atoms with van der Waals surface area (Å²) in [5.74, 6) is 0.756. The Bertz CT molecular complexity index is 407. The van der Waals surface area contributed by atoms with Gasteiger partial charge in [-0.3, -0.25) is 14.7 Å². The summed E-state index contributed by atoms with van der Waals surface area (Å²) in [4.78, 5) is 18.3. The van der Waals surface area contributed by atoms with Gasteiger partial charge in [-0.25, -0.2) is 0 Å². The Morgan fingerprint density at radius 3 is 2.95 bits per heavy atom. The minimum Gasteiger partial charge on any atom is -0.350 e. The maximum Gasteiger partial charge on any atom is 0.251 e. The van der Waals surface area contributed by atoms with E-state index in [4.69, 9.17) is 0 Å². The summed E-state index contributed by atoms with van der Waals surface area (Å²) in [5.41, 5.74) is 0.675. The number of nitrogens with one attached hydrogen (secondary N) is 1. The molecule has 2 rings (SSSR count). The number of amides is 1. The number of hydrogen-bond acceptors (Lipinski definition) is 3. The molecule has 0 bridgehead atoms. The number of pyridine rings is 1. The van der Waals surface area contributed by atoms with Crippen LogP contribution in [-0.4, -0.2) is 41.5 Å². The molecule has 0 radical (unpaired) electrons. The van der Waals surface area contributed by atoms with Gasteiger partial charge in [-0.1, -0.05) is 6.92 Å². The van der Waals surface area contributed by atoms with Gasteiger partial charge in [-0.05, 0) is 44.4 Å². The Morgan fingerprint density at radius 1 is 1.53 bits per heavy atom. The normalized spacial score (nSPS) is 21.9. The van der Waals surface area contributed by atoms with E-state index in [1.807, 2.05) is 0 Å². The summed E-state index contributed by atoms with van der Waals surface area (Å²) in [6.45, 7) is 7.48. The van der Waals surface area contributed by atoms with E-state index in [1.165, 1.54) is 12.8 Å². The van der Waals surface area contributed by atoms with Crippen molar-refractivity contribution in [1.82, 2.24) is 15.2 Å². The molecule has 1 aliphatic rings. The lowest BCUT2D eigenvalue weighted by Gasteiger charge is -2.35. The summed E-state index contributed by atoms with van der Waals surface area (Å²) >= 11 is 0. The number of piperidine rings is 1. The first-order valence-corrected chi connectivity index (χ1v) is 7.09. The quantitative estimate of drug-likeness (QED) is 0.901. The molecule has 0 spiro atoms. The SMILES string of the molecule is CC1CCCN(C(C)CNC(=O)c2ccncc2)C1. The van der Waals surface area contributed by atoms with Crippen molar-refractivity contribution >= 4 is 5.91 Å². The highest BCUT2D eigenvalue weighted by molar-refractivity contribution is 5.93. The second-order valence-electron chi connectivity index (χ2n) is 5.54. The zero-order valence-corrected chi connectivity index (χ0v) is 11.8. The molecule has 1 fully saturated rings.